The molecule has 2 aromatic heterocycles. The summed E-state index contributed by atoms with van der Waals surface area (Å²) in [7, 11) is 3.93. The van der Waals surface area contributed by atoms with Crippen molar-refractivity contribution in [3.05, 3.63) is 35.4 Å². The van der Waals surface area contributed by atoms with E-state index in [1.165, 1.54) is 16.8 Å². The lowest BCUT2D eigenvalue weighted by Crippen LogP contribution is -2.12. The molecule has 0 fully saturated rings. The summed E-state index contributed by atoms with van der Waals surface area (Å²) in [4.78, 5) is 4.34. The van der Waals surface area contributed by atoms with Crippen LogP contribution in [0.5, 0.6) is 0 Å². The zero-order valence-electron chi connectivity index (χ0n) is 11.7. The van der Waals surface area contributed by atoms with Gasteiger partial charge in [-0.3, -0.25) is 9.67 Å². The molecule has 2 aromatic rings. The SMILES string of the molecule is CNC(C)c1cncc(-c2c(C)nn(C)c2C)c1. The number of hydrogen-bond donors (Lipinski definition) is 1. The predicted molar refractivity (Wildman–Crippen MR) is 73.4 cm³/mol. The zero-order valence-corrected chi connectivity index (χ0v) is 11.7. The normalized spacial score (nSPS) is 12.7. The van der Waals surface area contributed by atoms with Crippen LogP contribution in [0, 0.1) is 13.8 Å². The van der Waals surface area contributed by atoms with Crippen molar-refractivity contribution in [1.29, 1.82) is 0 Å². The van der Waals surface area contributed by atoms with Crippen molar-refractivity contribution in [1.82, 2.24) is 20.1 Å². The number of hydrogen-bond acceptors (Lipinski definition) is 3. The minimum atomic E-state index is 0.301. The molecule has 0 spiro atoms. The molecule has 1 atom stereocenters. The molecule has 0 aliphatic heterocycles. The van der Waals surface area contributed by atoms with Gasteiger partial charge in [0.2, 0.25) is 0 Å². The smallest absolute Gasteiger partial charge is 0.0675 e. The minimum absolute atomic E-state index is 0.301. The lowest BCUT2D eigenvalue weighted by Gasteiger charge is -2.11. The Morgan fingerprint density at radius 2 is 2.00 bits per heavy atom. The van der Waals surface area contributed by atoms with Gasteiger partial charge in [-0.15, -0.1) is 0 Å². The number of rotatable bonds is 3. The van der Waals surface area contributed by atoms with Gasteiger partial charge in [-0.05, 0) is 39.4 Å². The lowest BCUT2D eigenvalue weighted by molar-refractivity contribution is 0.650. The Morgan fingerprint density at radius 3 is 2.56 bits per heavy atom. The van der Waals surface area contributed by atoms with Crippen LogP contribution in [0.25, 0.3) is 11.1 Å². The number of nitrogens with one attached hydrogen (secondary N) is 1. The first-order valence-corrected chi connectivity index (χ1v) is 6.17. The second-order valence-corrected chi connectivity index (χ2v) is 4.69. The number of nitrogens with zero attached hydrogens (tertiary/aromatic N) is 3. The van der Waals surface area contributed by atoms with Gasteiger partial charge in [0, 0.05) is 42.3 Å². The molecule has 1 N–H and O–H groups in total. The van der Waals surface area contributed by atoms with Gasteiger partial charge in [0.15, 0.2) is 0 Å². The second kappa shape index (κ2) is 4.90. The van der Waals surface area contributed by atoms with E-state index < -0.39 is 0 Å². The van der Waals surface area contributed by atoms with Gasteiger partial charge >= 0.3 is 0 Å². The van der Waals surface area contributed by atoms with Crippen molar-refractivity contribution in [3.8, 4) is 11.1 Å². The Bertz CT molecular complexity index is 557. The molecule has 0 radical (unpaired) electrons. The molecule has 4 nitrogen and oxygen atoms in total. The third-order valence-corrected chi connectivity index (χ3v) is 3.49. The van der Waals surface area contributed by atoms with Gasteiger partial charge in [-0.25, -0.2) is 0 Å². The Labute approximate surface area is 108 Å². The topological polar surface area (TPSA) is 42.7 Å². The summed E-state index contributed by atoms with van der Waals surface area (Å²) in [6.45, 7) is 6.25. The van der Waals surface area contributed by atoms with Crippen LogP contribution in [0.2, 0.25) is 0 Å². The summed E-state index contributed by atoms with van der Waals surface area (Å²) in [5, 5.41) is 7.69. The first kappa shape index (κ1) is 12.8. The van der Waals surface area contributed by atoms with Crippen LogP contribution >= 0.6 is 0 Å². The van der Waals surface area contributed by atoms with E-state index in [9.17, 15) is 0 Å². The first-order chi connectivity index (χ1) is 8.54. The molecule has 0 bridgehead atoms. The molecular weight excluding hydrogens is 224 g/mol. The highest BCUT2D eigenvalue weighted by atomic mass is 15.3. The van der Waals surface area contributed by atoms with E-state index in [1.54, 1.807) is 0 Å². The summed E-state index contributed by atoms with van der Waals surface area (Å²) in [5.74, 6) is 0. The van der Waals surface area contributed by atoms with E-state index in [4.69, 9.17) is 0 Å². The van der Waals surface area contributed by atoms with E-state index in [1.807, 2.05) is 38.1 Å². The van der Waals surface area contributed by atoms with Crippen molar-refractivity contribution in [2.24, 2.45) is 7.05 Å². The van der Waals surface area contributed by atoms with Gasteiger partial charge in [-0.2, -0.15) is 5.10 Å². The van der Waals surface area contributed by atoms with Crippen LogP contribution in [0.4, 0.5) is 0 Å². The maximum absolute atomic E-state index is 4.45. The Morgan fingerprint density at radius 1 is 1.28 bits per heavy atom. The van der Waals surface area contributed by atoms with Crippen molar-refractivity contribution in [3.63, 3.8) is 0 Å². The monoisotopic (exact) mass is 244 g/mol. The maximum Gasteiger partial charge on any atom is 0.0675 e. The largest absolute Gasteiger partial charge is 0.313 e. The van der Waals surface area contributed by atoms with Crippen molar-refractivity contribution >= 4 is 0 Å². The van der Waals surface area contributed by atoms with Crippen LogP contribution in [-0.4, -0.2) is 21.8 Å². The highest BCUT2D eigenvalue weighted by Crippen LogP contribution is 2.27. The molecular formula is C14H20N4. The van der Waals surface area contributed by atoms with E-state index in [0.29, 0.717) is 6.04 Å². The summed E-state index contributed by atoms with van der Waals surface area (Å²) < 4.78 is 1.92. The molecule has 1 unspecified atom stereocenters. The maximum atomic E-state index is 4.45. The highest BCUT2D eigenvalue weighted by molar-refractivity contribution is 5.68. The molecule has 0 aliphatic carbocycles. The summed E-state index contributed by atoms with van der Waals surface area (Å²) in [5.41, 5.74) is 5.74. The third-order valence-electron chi connectivity index (χ3n) is 3.49. The summed E-state index contributed by atoms with van der Waals surface area (Å²) in [6, 6.07) is 2.49. The predicted octanol–water partition coefficient (Wildman–Crippen LogP) is 2.38. The highest BCUT2D eigenvalue weighted by Gasteiger charge is 2.13. The zero-order chi connectivity index (χ0) is 13.3. The van der Waals surface area contributed by atoms with Crippen LogP contribution in [-0.2, 0) is 7.05 Å². The minimum Gasteiger partial charge on any atom is -0.313 e. The van der Waals surface area contributed by atoms with Crippen molar-refractivity contribution < 1.29 is 0 Å². The van der Waals surface area contributed by atoms with Gasteiger partial charge in [0.1, 0.15) is 0 Å². The summed E-state index contributed by atoms with van der Waals surface area (Å²) >= 11 is 0. The van der Waals surface area contributed by atoms with Crippen LogP contribution in [0.3, 0.4) is 0 Å². The molecule has 4 heteroatoms. The molecule has 0 aliphatic rings. The van der Waals surface area contributed by atoms with Crippen molar-refractivity contribution in [2.75, 3.05) is 7.05 Å². The van der Waals surface area contributed by atoms with Crippen LogP contribution in [0.1, 0.15) is 29.9 Å². The van der Waals surface area contributed by atoms with Crippen molar-refractivity contribution in [2.45, 2.75) is 26.8 Å². The standard InChI is InChI=1S/C14H20N4/c1-9(15-4)12-6-13(8-16-7-12)14-10(2)17-18(5)11(14)3/h6-9,15H,1-5H3. The van der Waals surface area contributed by atoms with Gasteiger partial charge in [0.25, 0.3) is 0 Å². The van der Waals surface area contributed by atoms with Gasteiger partial charge in [-0.1, -0.05) is 0 Å². The average Bonchev–Trinajstić information content (AvgIpc) is 2.62. The lowest BCUT2D eigenvalue weighted by atomic mass is 10.0. The molecule has 96 valence electrons. The second-order valence-electron chi connectivity index (χ2n) is 4.69. The fraction of sp³-hybridized carbons (Fsp3) is 0.429. The van der Waals surface area contributed by atoms with E-state index in [-0.39, 0.29) is 0 Å². The van der Waals surface area contributed by atoms with E-state index in [2.05, 4.69) is 35.3 Å². The fourth-order valence-corrected chi connectivity index (χ4v) is 2.19. The molecule has 0 saturated heterocycles. The summed E-state index contributed by atoms with van der Waals surface area (Å²) in [6.07, 6.45) is 3.81. The molecule has 18 heavy (non-hydrogen) atoms. The Kier molecular flexibility index (Phi) is 3.48. The first-order valence-electron chi connectivity index (χ1n) is 6.17. The number of pyridine rings is 1. The number of aromatic nitrogens is 3. The Balaban J connectivity index is 2.51. The molecule has 0 saturated carbocycles. The van der Waals surface area contributed by atoms with Crippen LogP contribution in [0.15, 0.2) is 18.5 Å². The molecule has 0 aromatic carbocycles. The number of aryl methyl sites for hydroxylation is 2. The van der Waals surface area contributed by atoms with Crippen LogP contribution < -0.4 is 5.32 Å². The average molecular weight is 244 g/mol. The third kappa shape index (κ3) is 2.16. The Hall–Kier alpha value is -1.68. The van der Waals surface area contributed by atoms with E-state index >= 15 is 0 Å². The quantitative estimate of drug-likeness (QED) is 0.901. The molecule has 2 heterocycles. The van der Waals surface area contributed by atoms with Gasteiger partial charge < -0.3 is 5.32 Å². The fourth-order valence-electron chi connectivity index (χ4n) is 2.19. The molecule has 2 rings (SSSR count). The van der Waals surface area contributed by atoms with E-state index in [0.717, 1.165) is 11.3 Å². The van der Waals surface area contributed by atoms with Gasteiger partial charge in [0.05, 0.1) is 5.69 Å². The molecule has 0 amide bonds.